The summed E-state index contributed by atoms with van der Waals surface area (Å²) in [6.45, 7) is 0.675. The number of nitrogens with one attached hydrogen (secondary N) is 1. The Morgan fingerprint density at radius 3 is 2.54 bits per heavy atom. The zero-order valence-electron chi connectivity index (χ0n) is 16.1. The molecule has 144 valence electrons. The number of carbonyl (C=O) groups excluding carboxylic acids is 1. The van der Waals surface area contributed by atoms with E-state index >= 15 is 0 Å². The third-order valence-corrected chi connectivity index (χ3v) is 5.56. The van der Waals surface area contributed by atoms with Crippen LogP contribution in [0.4, 0.5) is 0 Å². The molecule has 0 radical (unpaired) electrons. The van der Waals surface area contributed by atoms with Crippen LogP contribution < -0.4 is 5.56 Å². The minimum absolute atomic E-state index is 0.00296. The molecule has 3 heterocycles. The lowest BCUT2D eigenvalue weighted by molar-refractivity contribution is 0.0672. The third kappa shape index (κ3) is 3.52. The van der Waals surface area contributed by atoms with Crippen molar-refractivity contribution in [2.75, 3.05) is 6.54 Å². The van der Waals surface area contributed by atoms with E-state index in [1.807, 2.05) is 60.6 Å². The highest BCUT2D eigenvalue weighted by molar-refractivity contribution is 5.94. The van der Waals surface area contributed by atoms with Crippen LogP contribution in [0.2, 0.25) is 0 Å². The summed E-state index contributed by atoms with van der Waals surface area (Å²) in [6, 6.07) is 17.2. The van der Waals surface area contributed by atoms with Gasteiger partial charge in [0.1, 0.15) is 5.56 Å². The van der Waals surface area contributed by atoms with Gasteiger partial charge >= 0.3 is 0 Å². The maximum atomic E-state index is 13.3. The van der Waals surface area contributed by atoms with Crippen LogP contribution in [0.1, 0.15) is 47.8 Å². The van der Waals surface area contributed by atoms with E-state index in [4.69, 9.17) is 0 Å². The summed E-state index contributed by atoms with van der Waals surface area (Å²) in [6.07, 6.45) is 6.08. The molecule has 1 saturated heterocycles. The van der Waals surface area contributed by atoms with Gasteiger partial charge in [0.05, 0.1) is 6.04 Å². The monoisotopic (exact) mass is 375 g/mol. The Bertz CT molecular complexity index is 1020. The molecule has 1 fully saturated rings. The standard InChI is InChI=1S/C23H25N3O2/c1-25-15-8-12-20(25)21-11-6-3-7-16-26(21)23(28)18-13-14-19(24-22(18)27)17-9-4-2-5-10-17/h2,4-5,8-10,12-15,21H,3,6-7,11,16H2,1H3,(H,24,27)/t21-/m0/s1. The molecule has 1 N–H and O–H groups in total. The van der Waals surface area contributed by atoms with Gasteiger partial charge in [-0.2, -0.15) is 0 Å². The summed E-state index contributed by atoms with van der Waals surface area (Å²) < 4.78 is 2.07. The molecule has 1 aliphatic heterocycles. The Hall–Kier alpha value is -3.08. The molecule has 0 spiro atoms. The van der Waals surface area contributed by atoms with Crippen LogP contribution in [0.25, 0.3) is 11.3 Å². The number of pyridine rings is 1. The molecule has 0 unspecified atom stereocenters. The van der Waals surface area contributed by atoms with Gasteiger partial charge < -0.3 is 14.5 Å². The molecule has 28 heavy (non-hydrogen) atoms. The molecule has 5 nitrogen and oxygen atoms in total. The number of aryl methyl sites for hydroxylation is 1. The van der Waals surface area contributed by atoms with Gasteiger partial charge in [0.15, 0.2) is 0 Å². The van der Waals surface area contributed by atoms with Gasteiger partial charge in [0.25, 0.3) is 11.5 Å². The molecule has 0 bridgehead atoms. The minimum Gasteiger partial charge on any atom is -0.353 e. The van der Waals surface area contributed by atoms with Crippen molar-refractivity contribution in [3.63, 3.8) is 0 Å². The smallest absolute Gasteiger partial charge is 0.261 e. The summed E-state index contributed by atoms with van der Waals surface area (Å²) in [4.78, 5) is 30.8. The van der Waals surface area contributed by atoms with Crippen molar-refractivity contribution in [2.45, 2.75) is 31.7 Å². The number of rotatable bonds is 3. The highest BCUT2D eigenvalue weighted by Gasteiger charge is 2.30. The summed E-state index contributed by atoms with van der Waals surface area (Å²) in [7, 11) is 2.00. The molecule has 0 aliphatic carbocycles. The van der Waals surface area contributed by atoms with E-state index in [2.05, 4.69) is 15.6 Å². The van der Waals surface area contributed by atoms with E-state index < -0.39 is 0 Å². The highest BCUT2D eigenvalue weighted by atomic mass is 16.2. The van der Waals surface area contributed by atoms with Crippen LogP contribution in [-0.4, -0.2) is 26.9 Å². The van der Waals surface area contributed by atoms with E-state index in [-0.39, 0.29) is 23.1 Å². The van der Waals surface area contributed by atoms with E-state index in [0.717, 1.165) is 42.6 Å². The Morgan fingerprint density at radius 1 is 1.00 bits per heavy atom. The van der Waals surface area contributed by atoms with Crippen molar-refractivity contribution < 1.29 is 4.79 Å². The average molecular weight is 375 g/mol. The molecular weight excluding hydrogens is 350 g/mol. The number of hydrogen-bond acceptors (Lipinski definition) is 2. The van der Waals surface area contributed by atoms with Crippen LogP contribution in [0, 0.1) is 0 Å². The van der Waals surface area contributed by atoms with E-state index in [9.17, 15) is 9.59 Å². The number of amides is 1. The predicted octanol–water partition coefficient (Wildman–Crippen LogP) is 4.14. The minimum atomic E-state index is -0.332. The number of hydrogen-bond donors (Lipinski definition) is 1. The number of carbonyl (C=O) groups is 1. The Balaban J connectivity index is 1.67. The second-order valence-corrected chi connectivity index (χ2v) is 7.39. The lowest BCUT2D eigenvalue weighted by Crippen LogP contribution is -2.38. The lowest BCUT2D eigenvalue weighted by atomic mass is 10.1. The first kappa shape index (κ1) is 18.3. The van der Waals surface area contributed by atoms with E-state index in [1.54, 1.807) is 6.07 Å². The SMILES string of the molecule is Cn1cccc1[C@@H]1CCCCCN1C(=O)c1ccc(-c2ccccc2)[nH]c1=O. The zero-order valence-corrected chi connectivity index (χ0v) is 16.1. The van der Waals surface area contributed by atoms with Crippen molar-refractivity contribution in [3.05, 3.63) is 82.4 Å². The summed E-state index contributed by atoms with van der Waals surface area (Å²) in [5.41, 5.74) is 2.64. The van der Waals surface area contributed by atoms with Gasteiger partial charge in [-0.25, -0.2) is 0 Å². The molecule has 1 aliphatic rings. The first-order valence-electron chi connectivity index (χ1n) is 9.86. The Labute approximate surface area is 164 Å². The number of benzene rings is 1. The lowest BCUT2D eigenvalue weighted by Gasteiger charge is -2.30. The number of aromatic amines is 1. The average Bonchev–Trinajstić information content (AvgIpc) is 2.99. The molecule has 3 aromatic rings. The largest absolute Gasteiger partial charge is 0.353 e. The van der Waals surface area contributed by atoms with Gasteiger partial charge in [-0.15, -0.1) is 0 Å². The van der Waals surface area contributed by atoms with Crippen LogP contribution in [0.3, 0.4) is 0 Å². The number of likely N-dealkylation sites (tertiary alicyclic amines) is 1. The topological polar surface area (TPSA) is 58.1 Å². The summed E-state index contributed by atoms with van der Waals surface area (Å²) >= 11 is 0. The summed E-state index contributed by atoms with van der Waals surface area (Å²) in [5.74, 6) is -0.186. The van der Waals surface area contributed by atoms with Gasteiger partial charge in [0.2, 0.25) is 0 Å². The predicted molar refractivity (Wildman–Crippen MR) is 110 cm³/mol. The first-order valence-corrected chi connectivity index (χ1v) is 9.86. The molecule has 2 aromatic heterocycles. The summed E-state index contributed by atoms with van der Waals surface area (Å²) in [5, 5.41) is 0. The van der Waals surface area contributed by atoms with Crippen LogP contribution in [-0.2, 0) is 7.05 Å². The maximum Gasteiger partial charge on any atom is 0.261 e. The van der Waals surface area contributed by atoms with Crippen LogP contribution >= 0.6 is 0 Å². The third-order valence-electron chi connectivity index (χ3n) is 5.56. The molecule has 1 amide bonds. The van der Waals surface area contributed by atoms with Crippen molar-refractivity contribution in [2.24, 2.45) is 7.05 Å². The van der Waals surface area contributed by atoms with Gasteiger partial charge in [0, 0.05) is 31.2 Å². The number of aromatic nitrogens is 2. The number of nitrogens with zero attached hydrogens (tertiary/aromatic N) is 2. The van der Waals surface area contributed by atoms with Crippen molar-refractivity contribution in [1.82, 2.24) is 14.5 Å². The first-order chi connectivity index (χ1) is 13.6. The van der Waals surface area contributed by atoms with E-state index in [1.165, 1.54) is 0 Å². The van der Waals surface area contributed by atoms with Crippen molar-refractivity contribution in [3.8, 4) is 11.3 Å². The van der Waals surface area contributed by atoms with E-state index in [0.29, 0.717) is 6.54 Å². The van der Waals surface area contributed by atoms with Gasteiger partial charge in [-0.3, -0.25) is 9.59 Å². The molecule has 0 saturated carbocycles. The fourth-order valence-electron chi connectivity index (χ4n) is 4.06. The zero-order chi connectivity index (χ0) is 19.5. The van der Waals surface area contributed by atoms with Crippen molar-refractivity contribution >= 4 is 5.91 Å². The molecule has 5 heteroatoms. The Kier molecular flexibility index (Phi) is 5.15. The molecule has 1 atom stereocenters. The fraction of sp³-hybridized carbons (Fsp3) is 0.304. The molecular formula is C23H25N3O2. The highest BCUT2D eigenvalue weighted by Crippen LogP contribution is 2.31. The number of H-pyrrole nitrogens is 1. The second-order valence-electron chi connectivity index (χ2n) is 7.39. The van der Waals surface area contributed by atoms with Gasteiger partial charge in [-0.05, 0) is 42.7 Å². The molecule has 4 rings (SSSR count). The van der Waals surface area contributed by atoms with Crippen molar-refractivity contribution in [1.29, 1.82) is 0 Å². The quantitative estimate of drug-likeness (QED) is 0.748. The Morgan fingerprint density at radius 2 is 1.82 bits per heavy atom. The fourth-order valence-corrected chi connectivity index (χ4v) is 4.06. The normalized spacial score (nSPS) is 17.3. The maximum absolute atomic E-state index is 13.3. The molecule has 1 aromatic carbocycles. The second kappa shape index (κ2) is 7.89. The van der Waals surface area contributed by atoms with Gasteiger partial charge in [-0.1, -0.05) is 43.2 Å². The van der Waals surface area contributed by atoms with Crippen LogP contribution in [0.15, 0.2) is 65.6 Å². The van der Waals surface area contributed by atoms with Crippen LogP contribution in [0.5, 0.6) is 0 Å².